The number of hydrogen-bond acceptors (Lipinski definition) is 3. The number of aromatic nitrogens is 2. The Morgan fingerprint density at radius 2 is 1.76 bits per heavy atom. The Morgan fingerprint density at radius 3 is 2.33 bits per heavy atom. The van der Waals surface area contributed by atoms with Gasteiger partial charge in [-0.2, -0.15) is 0 Å². The van der Waals surface area contributed by atoms with E-state index in [0.717, 1.165) is 16.9 Å². The molecule has 0 spiro atoms. The second-order valence-corrected chi connectivity index (χ2v) is 10.8. The molecule has 2 aliphatic rings. The standard InChI is InChI=1S/C25H34F2N4O2/c1-24(2,3)23-29-19-14-18(22(33)30-12-8-17(9-13-30)21(28)32)4-5-20(19)31(23)15-16-6-10-25(26,27)11-7-16/h4-5,14,16-17H,6-13,15H2,1-3H3,(H2,28,32). The molecule has 1 aliphatic carbocycles. The first kappa shape index (κ1) is 23.6. The number of hydrogen-bond donors (Lipinski definition) is 1. The van der Waals surface area contributed by atoms with Crippen LogP contribution in [0.25, 0.3) is 11.0 Å². The molecule has 1 aromatic heterocycles. The highest BCUT2D eigenvalue weighted by molar-refractivity contribution is 5.97. The number of benzene rings is 1. The summed E-state index contributed by atoms with van der Waals surface area (Å²) in [4.78, 5) is 31.2. The fourth-order valence-corrected chi connectivity index (χ4v) is 5.11. The number of alkyl halides is 2. The molecule has 0 bridgehead atoms. The molecule has 2 aromatic rings. The first-order chi connectivity index (χ1) is 15.4. The Labute approximate surface area is 193 Å². The maximum absolute atomic E-state index is 13.6. The fraction of sp³-hybridized carbons (Fsp3) is 0.640. The highest BCUT2D eigenvalue weighted by atomic mass is 19.3. The molecule has 6 nitrogen and oxygen atoms in total. The summed E-state index contributed by atoms with van der Waals surface area (Å²) in [5.41, 5.74) is 7.43. The largest absolute Gasteiger partial charge is 0.369 e. The Balaban J connectivity index is 1.58. The van der Waals surface area contributed by atoms with Crippen LogP contribution in [-0.2, 0) is 16.8 Å². The third-order valence-corrected chi connectivity index (χ3v) is 7.13. The summed E-state index contributed by atoms with van der Waals surface area (Å²) in [5, 5.41) is 0. The van der Waals surface area contributed by atoms with E-state index in [4.69, 9.17) is 10.7 Å². The van der Waals surface area contributed by atoms with Crippen molar-refractivity contribution in [2.45, 2.75) is 77.2 Å². The lowest BCUT2D eigenvalue weighted by Gasteiger charge is -2.30. The normalized spacial score (nSPS) is 20.3. The number of nitrogens with two attached hydrogens (primary N) is 1. The van der Waals surface area contributed by atoms with Gasteiger partial charge in [0.1, 0.15) is 5.82 Å². The maximum atomic E-state index is 13.6. The summed E-state index contributed by atoms with van der Waals surface area (Å²) in [6.07, 6.45) is 2.09. The lowest BCUT2D eigenvalue weighted by atomic mass is 9.86. The highest BCUT2D eigenvalue weighted by Gasteiger charge is 2.36. The number of carbonyl (C=O) groups excluding carboxylic acids is 2. The molecule has 1 saturated heterocycles. The summed E-state index contributed by atoms with van der Waals surface area (Å²) in [6.45, 7) is 7.96. The third-order valence-electron chi connectivity index (χ3n) is 7.13. The Hall–Kier alpha value is -2.51. The molecular formula is C25H34F2N4O2. The molecule has 2 fully saturated rings. The van der Waals surface area contributed by atoms with Gasteiger partial charge in [-0.15, -0.1) is 0 Å². The summed E-state index contributed by atoms with van der Waals surface area (Å²) in [5.74, 6) is -1.98. The predicted octanol–water partition coefficient (Wildman–Crippen LogP) is 4.50. The average Bonchev–Trinajstić information content (AvgIpc) is 3.13. The Morgan fingerprint density at radius 1 is 1.12 bits per heavy atom. The predicted molar refractivity (Wildman–Crippen MR) is 123 cm³/mol. The molecule has 0 atom stereocenters. The van der Waals surface area contributed by atoms with Crippen molar-refractivity contribution in [3.63, 3.8) is 0 Å². The van der Waals surface area contributed by atoms with Gasteiger partial charge in [0.2, 0.25) is 11.8 Å². The molecule has 1 aromatic carbocycles. The smallest absolute Gasteiger partial charge is 0.253 e. The van der Waals surface area contributed by atoms with Gasteiger partial charge in [0.05, 0.1) is 11.0 Å². The van der Waals surface area contributed by atoms with Crippen LogP contribution in [0, 0.1) is 11.8 Å². The van der Waals surface area contributed by atoms with Crippen LogP contribution in [0.3, 0.4) is 0 Å². The first-order valence-electron chi connectivity index (χ1n) is 11.9. The number of nitrogens with zero attached hydrogens (tertiary/aromatic N) is 3. The van der Waals surface area contributed by atoms with Gasteiger partial charge in [0.15, 0.2) is 0 Å². The minimum Gasteiger partial charge on any atom is -0.369 e. The van der Waals surface area contributed by atoms with Gasteiger partial charge in [-0.1, -0.05) is 20.8 Å². The highest BCUT2D eigenvalue weighted by Crippen LogP contribution is 2.38. The Bertz CT molecular complexity index is 1040. The molecule has 2 N–H and O–H groups in total. The van der Waals surface area contributed by atoms with Crippen molar-refractivity contribution in [1.29, 1.82) is 0 Å². The number of likely N-dealkylation sites (tertiary alicyclic amines) is 1. The van der Waals surface area contributed by atoms with Crippen LogP contribution in [0.15, 0.2) is 18.2 Å². The van der Waals surface area contributed by atoms with Crippen LogP contribution in [0.5, 0.6) is 0 Å². The molecule has 0 radical (unpaired) electrons. The van der Waals surface area contributed by atoms with Crippen molar-refractivity contribution in [1.82, 2.24) is 14.5 Å². The molecule has 2 amide bonds. The Kier molecular flexibility index (Phi) is 6.22. The van der Waals surface area contributed by atoms with Gasteiger partial charge in [0, 0.05) is 49.4 Å². The molecular weight excluding hydrogens is 426 g/mol. The lowest BCUT2D eigenvalue weighted by molar-refractivity contribution is -0.123. The van der Waals surface area contributed by atoms with E-state index in [1.54, 1.807) is 4.90 Å². The van der Waals surface area contributed by atoms with Crippen LogP contribution >= 0.6 is 0 Å². The topological polar surface area (TPSA) is 81.2 Å². The van der Waals surface area contributed by atoms with E-state index >= 15 is 0 Å². The van der Waals surface area contributed by atoms with Gasteiger partial charge in [-0.05, 0) is 49.8 Å². The lowest BCUT2D eigenvalue weighted by Crippen LogP contribution is -2.41. The van der Waals surface area contributed by atoms with E-state index in [1.807, 2.05) is 18.2 Å². The summed E-state index contributed by atoms with van der Waals surface area (Å²) in [7, 11) is 0. The number of halogens is 2. The minimum atomic E-state index is -2.54. The van der Waals surface area contributed by atoms with Crippen LogP contribution in [0.4, 0.5) is 8.78 Å². The van der Waals surface area contributed by atoms with E-state index in [2.05, 4.69) is 25.3 Å². The van der Waals surface area contributed by atoms with Crippen molar-refractivity contribution in [3.8, 4) is 0 Å². The van der Waals surface area contributed by atoms with Gasteiger partial charge >= 0.3 is 0 Å². The van der Waals surface area contributed by atoms with Gasteiger partial charge in [-0.25, -0.2) is 13.8 Å². The van der Waals surface area contributed by atoms with Crippen molar-refractivity contribution in [2.75, 3.05) is 13.1 Å². The third kappa shape index (κ3) is 5.04. The zero-order valence-corrected chi connectivity index (χ0v) is 19.7. The zero-order chi connectivity index (χ0) is 24.0. The molecule has 33 heavy (non-hydrogen) atoms. The van der Waals surface area contributed by atoms with Crippen molar-refractivity contribution in [3.05, 3.63) is 29.6 Å². The number of amides is 2. The van der Waals surface area contributed by atoms with E-state index in [9.17, 15) is 18.4 Å². The second kappa shape index (κ2) is 8.69. The van der Waals surface area contributed by atoms with Crippen LogP contribution in [-0.4, -0.2) is 45.3 Å². The SMILES string of the molecule is CC(C)(C)c1nc2cc(C(=O)N3CCC(C(N)=O)CC3)ccc2n1CC1CCC(F)(F)CC1. The van der Waals surface area contributed by atoms with Crippen LogP contribution in [0.1, 0.15) is 75.5 Å². The van der Waals surface area contributed by atoms with E-state index in [0.29, 0.717) is 50.9 Å². The molecule has 0 unspecified atom stereocenters. The fourth-order valence-electron chi connectivity index (χ4n) is 5.11. The monoisotopic (exact) mass is 460 g/mol. The summed E-state index contributed by atoms with van der Waals surface area (Å²) >= 11 is 0. The number of fused-ring (bicyclic) bond motifs is 1. The summed E-state index contributed by atoms with van der Waals surface area (Å²) in [6, 6.07) is 5.58. The number of rotatable bonds is 4. The van der Waals surface area contributed by atoms with Gasteiger partial charge in [-0.3, -0.25) is 9.59 Å². The molecule has 1 saturated carbocycles. The van der Waals surface area contributed by atoms with Crippen molar-refractivity contribution in [2.24, 2.45) is 17.6 Å². The molecule has 8 heteroatoms. The van der Waals surface area contributed by atoms with Gasteiger partial charge < -0.3 is 15.2 Å². The van der Waals surface area contributed by atoms with Crippen LogP contribution in [0.2, 0.25) is 0 Å². The molecule has 180 valence electrons. The minimum absolute atomic E-state index is 0.0553. The molecule has 2 heterocycles. The van der Waals surface area contributed by atoms with Gasteiger partial charge in [0.25, 0.3) is 5.91 Å². The van der Waals surface area contributed by atoms with Crippen LogP contribution < -0.4 is 5.73 Å². The van der Waals surface area contributed by atoms with Crippen molar-refractivity contribution < 1.29 is 18.4 Å². The second-order valence-electron chi connectivity index (χ2n) is 10.8. The average molecular weight is 461 g/mol. The zero-order valence-electron chi connectivity index (χ0n) is 19.7. The number of imidazole rings is 1. The number of carbonyl (C=O) groups is 2. The van der Waals surface area contributed by atoms with E-state index in [1.165, 1.54) is 0 Å². The van der Waals surface area contributed by atoms with Crippen molar-refractivity contribution >= 4 is 22.8 Å². The molecule has 4 rings (SSSR count). The first-order valence-corrected chi connectivity index (χ1v) is 11.9. The molecule has 1 aliphatic heterocycles. The number of primary amides is 1. The van der Waals surface area contributed by atoms with E-state index in [-0.39, 0.29) is 41.9 Å². The number of piperidine rings is 1. The van der Waals surface area contributed by atoms with E-state index < -0.39 is 5.92 Å². The quantitative estimate of drug-likeness (QED) is 0.730. The maximum Gasteiger partial charge on any atom is 0.253 e. The summed E-state index contributed by atoms with van der Waals surface area (Å²) < 4.78 is 29.4.